The van der Waals surface area contributed by atoms with Crippen molar-refractivity contribution in [1.29, 1.82) is 0 Å². The lowest BCUT2D eigenvalue weighted by Crippen LogP contribution is -1.94. The van der Waals surface area contributed by atoms with E-state index in [1.165, 1.54) is 17.8 Å². The monoisotopic (exact) mass is 280 g/mol. The predicted octanol–water partition coefficient (Wildman–Crippen LogP) is 3.40. The average Bonchev–Trinajstić information content (AvgIpc) is 2.82. The fourth-order valence-corrected chi connectivity index (χ4v) is 2.83. The molecule has 2 nitrogen and oxygen atoms in total. The molecule has 0 bridgehead atoms. The molecule has 82 valence electrons. The van der Waals surface area contributed by atoms with E-state index < -0.39 is 0 Å². The normalized spacial score (nSPS) is 14.1. The SMILES string of the molecule is Fc1cccc(-c2nn3c(c2Br)CCC3)c1. The van der Waals surface area contributed by atoms with Crippen molar-refractivity contribution < 1.29 is 4.39 Å². The topological polar surface area (TPSA) is 17.8 Å². The van der Waals surface area contributed by atoms with E-state index in [1.54, 1.807) is 6.07 Å². The zero-order valence-electron chi connectivity index (χ0n) is 8.58. The van der Waals surface area contributed by atoms with E-state index in [0.29, 0.717) is 0 Å². The number of benzene rings is 1. The van der Waals surface area contributed by atoms with Gasteiger partial charge in [-0.15, -0.1) is 0 Å². The molecule has 4 heteroatoms. The molecule has 16 heavy (non-hydrogen) atoms. The molecule has 0 saturated carbocycles. The van der Waals surface area contributed by atoms with Crippen molar-refractivity contribution in [2.45, 2.75) is 19.4 Å². The highest BCUT2D eigenvalue weighted by Crippen LogP contribution is 2.33. The Morgan fingerprint density at radius 1 is 1.38 bits per heavy atom. The van der Waals surface area contributed by atoms with Gasteiger partial charge in [0.25, 0.3) is 0 Å². The third-order valence-corrected chi connectivity index (χ3v) is 3.71. The molecule has 0 amide bonds. The average molecular weight is 281 g/mol. The Kier molecular flexibility index (Phi) is 2.32. The summed E-state index contributed by atoms with van der Waals surface area (Å²) in [7, 11) is 0. The van der Waals surface area contributed by atoms with Crippen LogP contribution in [0.5, 0.6) is 0 Å². The quantitative estimate of drug-likeness (QED) is 0.783. The summed E-state index contributed by atoms with van der Waals surface area (Å²) in [6.07, 6.45) is 2.19. The van der Waals surface area contributed by atoms with E-state index in [1.807, 2.05) is 10.7 Å². The Morgan fingerprint density at radius 3 is 3.00 bits per heavy atom. The second-order valence-electron chi connectivity index (χ2n) is 3.95. The molecule has 1 aromatic heterocycles. The fraction of sp³-hybridized carbons (Fsp3) is 0.250. The molecule has 1 aliphatic heterocycles. The van der Waals surface area contributed by atoms with Gasteiger partial charge in [0.15, 0.2) is 0 Å². The molecule has 2 heterocycles. The first-order valence-electron chi connectivity index (χ1n) is 5.27. The standard InChI is InChI=1S/C12H10BrFN2/c13-11-10-5-2-6-16(10)15-12(11)8-3-1-4-9(14)7-8/h1,3-4,7H,2,5-6H2. The lowest BCUT2D eigenvalue weighted by Gasteiger charge is -1.98. The van der Waals surface area contributed by atoms with Crippen LogP contribution in [0.3, 0.4) is 0 Å². The van der Waals surface area contributed by atoms with Gasteiger partial charge in [-0.1, -0.05) is 12.1 Å². The summed E-state index contributed by atoms with van der Waals surface area (Å²) in [5.41, 5.74) is 2.89. The number of fused-ring (bicyclic) bond motifs is 1. The molecule has 0 radical (unpaired) electrons. The van der Waals surface area contributed by atoms with Crippen LogP contribution in [-0.2, 0) is 13.0 Å². The van der Waals surface area contributed by atoms with E-state index in [0.717, 1.165) is 35.1 Å². The first kappa shape index (κ1) is 10.0. The maximum atomic E-state index is 13.1. The minimum atomic E-state index is -0.224. The van der Waals surface area contributed by atoms with Gasteiger partial charge < -0.3 is 0 Å². The fourth-order valence-electron chi connectivity index (χ4n) is 2.12. The largest absolute Gasteiger partial charge is 0.268 e. The van der Waals surface area contributed by atoms with Crippen molar-refractivity contribution in [2.24, 2.45) is 0 Å². The molecule has 0 saturated heterocycles. The van der Waals surface area contributed by atoms with E-state index >= 15 is 0 Å². The van der Waals surface area contributed by atoms with Crippen LogP contribution in [0, 0.1) is 5.82 Å². The van der Waals surface area contributed by atoms with Crippen LogP contribution < -0.4 is 0 Å². The number of nitrogens with zero attached hydrogens (tertiary/aromatic N) is 2. The third kappa shape index (κ3) is 1.48. The summed E-state index contributed by atoms with van der Waals surface area (Å²) < 4.78 is 16.2. The minimum absolute atomic E-state index is 0.224. The van der Waals surface area contributed by atoms with Crippen molar-refractivity contribution in [3.8, 4) is 11.3 Å². The van der Waals surface area contributed by atoms with Gasteiger partial charge in [-0.3, -0.25) is 4.68 Å². The molecule has 0 unspecified atom stereocenters. The van der Waals surface area contributed by atoms with Crippen LogP contribution in [0.2, 0.25) is 0 Å². The smallest absolute Gasteiger partial charge is 0.123 e. The maximum Gasteiger partial charge on any atom is 0.123 e. The van der Waals surface area contributed by atoms with E-state index in [-0.39, 0.29) is 5.82 Å². The van der Waals surface area contributed by atoms with Crippen molar-refractivity contribution in [3.05, 3.63) is 40.2 Å². The van der Waals surface area contributed by atoms with Gasteiger partial charge in [-0.25, -0.2) is 4.39 Å². The Labute approximate surface area is 101 Å². The minimum Gasteiger partial charge on any atom is -0.268 e. The summed E-state index contributed by atoms with van der Waals surface area (Å²) in [6, 6.07) is 6.55. The lowest BCUT2D eigenvalue weighted by atomic mass is 10.1. The molecule has 1 aromatic carbocycles. The summed E-state index contributed by atoms with van der Waals surface area (Å²) in [4.78, 5) is 0. The van der Waals surface area contributed by atoms with Gasteiger partial charge >= 0.3 is 0 Å². The zero-order valence-corrected chi connectivity index (χ0v) is 10.2. The van der Waals surface area contributed by atoms with Crippen LogP contribution in [0.1, 0.15) is 12.1 Å². The Morgan fingerprint density at radius 2 is 2.25 bits per heavy atom. The molecule has 0 N–H and O–H groups in total. The number of aryl methyl sites for hydroxylation is 1. The molecule has 3 rings (SSSR count). The Balaban J connectivity index is 2.14. The van der Waals surface area contributed by atoms with Crippen LogP contribution in [0.4, 0.5) is 4.39 Å². The summed E-state index contributed by atoms with van der Waals surface area (Å²) >= 11 is 3.56. The molecule has 0 atom stereocenters. The van der Waals surface area contributed by atoms with Crippen molar-refractivity contribution in [1.82, 2.24) is 9.78 Å². The molecule has 0 aliphatic carbocycles. The maximum absolute atomic E-state index is 13.1. The van der Waals surface area contributed by atoms with Crippen molar-refractivity contribution in [3.63, 3.8) is 0 Å². The highest BCUT2D eigenvalue weighted by molar-refractivity contribution is 9.10. The number of hydrogen-bond acceptors (Lipinski definition) is 1. The van der Waals surface area contributed by atoms with Crippen LogP contribution >= 0.6 is 15.9 Å². The second-order valence-corrected chi connectivity index (χ2v) is 4.74. The predicted molar refractivity (Wildman–Crippen MR) is 63.6 cm³/mol. The van der Waals surface area contributed by atoms with Gasteiger partial charge in [0, 0.05) is 12.1 Å². The molecule has 0 spiro atoms. The van der Waals surface area contributed by atoms with Gasteiger partial charge in [0.2, 0.25) is 0 Å². The molecule has 1 aliphatic rings. The number of aromatic nitrogens is 2. The third-order valence-electron chi connectivity index (χ3n) is 2.88. The highest BCUT2D eigenvalue weighted by atomic mass is 79.9. The van der Waals surface area contributed by atoms with E-state index in [2.05, 4.69) is 21.0 Å². The van der Waals surface area contributed by atoms with Gasteiger partial charge in [-0.2, -0.15) is 5.10 Å². The summed E-state index contributed by atoms with van der Waals surface area (Å²) in [5.74, 6) is -0.224. The van der Waals surface area contributed by atoms with Crippen molar-refractivity contribution >= 4 is 15.9 Å². The lowest BCUT2D eigenvalue weighted by molar-refractivity contribution is 0.627. The second kappa shape index (κ2) is 3.70. The molecule has 2 aromatic rings. The molecular weight excluding hydrogens is 271 g/mol. The van der Waals surface area contributed by atoms with Crippen LogP contribution in [0.25, 0.3) is 11.3 Å². The Bertz CT molecular complexity index is 548. The molecular formula is C12H10BrFN2. The van der Waals surface area contributed by atoms with Gasteiger partial charge in [-0.05, 0) is 40.9 Å². The van der Waals surface area contributed by atoms with E-state index in [4.69, 9.17) is 0 Å². The highest BCUT2D eigenvalue weighted by Gasteiger charge is 2.20. The van der Waals surface area contributed by atoms with E-state index in [9.17, 15) is 4.39 Å². The zero-order chi connectivity index (χ0) is 11.1. The van der Waals surface area contributed by atoms with Gasteiger partial charge in [0.05, 0.1) is 10.2 Å². The van der Waals surface area contributed by atoms with Crippen molar-refractivity contribution in [2.75, 3.05) is 0 Å². The Hall–Kier alpha value is -1.16. The van der Waals surface area contributed by atoms with Gasteiger partial charge in [0.1, 0.15) is 11.5 Å². The number of halogens is 2. The summed E-state index contributed by atoms with van der Waals surface area (Å²) in [6.45, 7) is 0.962. The first-order valence-corrected chi connectivity index (χ1v) is 6.06. The molecule has 0 fully saturated rings. The van der Waals surface area contributed by atoms with Crippen LogP contribution in [-0.4, -0.2) is 9.78 Å². The number of hydrogen-bond donors (Lipinski definition) is 0. The number of rotatable bonds is 1. The van der Waals surface area contributed by atoms with Crippen LogP contribution in [0.15, 0.2) is 28.7 Å². The summed E-state index contributed by atoms with van der Waals surface area (Å²) in [5, 5.41) is 4.50. The first-order chi connectivity index (χ1) is 7.75.